The van der Waals surface area contributed by atoms with E-state index in [0.717, 1.165) is 12.1 Å². The van der Waals surface area contributed by atoms with Gasteiger partial charge in [-0.25, -0.2) is 17.2 Å². The average Bonchev–Trinajstić information content (AvgIpc) is 2.79. The second-order valence-corrected chi connectivity index (χ2v) is 9.18. The summed E-state index contributed by atoms with van der Waals surface area (Å²) in [6.45, 7) is 0.240. The Morgan fingerprint density at radius 3 is 2.45 bits per heavy atom. The van der Waals surface area contributed by atoms with E-state index in [4.69, 9.17) is 0 Å². The first-order chi connectivity index (χ1) is 14.7. The smallest absolute Gasteiger partial charge is 0.246 e. The van der Waals surface area contributed by atoms with Crippen molar-refractivity contribution >= 4 is 21.8 Å². The molecule has 166 valence electrons. The monoisotopic (exact) mass is 451 g/mol. The van der Waals surface area contributed by atoms with Crippen molar-refractivity contribution in [2.24, 2.45) is 5.92 Å². The lowest BCUT2D eigenvalue weighted by Crippen LogP contribution is -2.48. The summed E-state index contributed by atoms with van der Waals surface area (Å²) in [5.41, 5.74) is 0.0798. The number of amides is 2. The number of benzene rings is 2. The van der Waals surface area contributed by atoms with Crippen LogP contribution in [-0.2, 0) is 19.6 Å². The number of rotatable bonds is 6. The Hall–Kier alpha value is -2.85. The molecule has 0 spiro atoms. The number of piperidine rings is 1. The fraction of sp³-hybridized carbons (Fsp3) is 0.333. The molecule has 3 rings (SSSR count). The van der Waals surface area contributed by atoms with Crippen molar-refractivity contribution in [3.63, 3.8) is 0 Å². The minimum Gasteiger partial charge on any atom is -0.357 e. The standard InChI is InChI=1S/C21H23F2N3O4S/c1-24-21(28)19(14-9-10-17(22)18(23)12-14)25-20(27)15-6-5-11-26(13-15)31(29,30)16-7-3-2-4-8-16/h2-4,7-10,12,15,19H,5-6,11,13H2,1H3,(H,24,28)(H,25,27). The lowest BCUT2D eigenvalue weighted by atomic mass is 9.97. The molecule has 0 bridgehead atoms. The molecule has 2 aromatic carbocycles. The molecular formula is C21H23F2N3O4S. The quantitative estimate of drug-likeness (QED) is 0.702. The number of likely N-dealkylation sites (N-methyl/N-ethyl adjacent to an activating group) is 1. The SMILES string of the molecule is CNC(=O)C(NC(=O)C1CCCN(S(=O)(=O)c2ccccc2)C1)c1ccc(F)c(F)c1. The zero-order valence-electron chi connectivity index (χ0n) is 16.8. The van der Waals surface area contributed by atoms with E-state index < -0.39 is 45.4 Å². The molecule has 1 heterocycles. The molecule has 7 nitrogen and oxygen atoms in total. The van der Waals surface area contributed by atoms with Gasteiger partial charge < -0.3 is 10.6 Å². The first-order valence-corrected chi connectivity index (χ1v) is 11.2. The second-order valence-electron chi connectivity index (χ2n) is 7.24. The summed E-state index contributed by atoms with van der Waals surface area (Å²) in [4.78, 5) is 25.3. The van der Waals surface area contributed by atoms with Gasteiger partial charge in [-0.15, -0.1) is 0 Å². The Morgan fingerprint density at radius 1 is 1.10 bits per heavy atom. The summed E-state index contributed by atoms with van der Waals surface area (Å²) in [5, 5.41) is 4.93. The van der Waals surface area contributed by atoms with Gasteiger partial charge in [0.1, 0.15) is 6.04 Å². The van der Waals surface area contributed by atoms with Crippen LogP contribution in [0.1, 0.15) is 24.4 Å². The van der Waals surface area contributed by atoms with Crippen LogP contribution in [0.2, 0.25) is 0 Å². The van der Waals surface area contributed by atoms with E-state index in [1.807, 2.05) is 0 Å². The van der Waals surface area contributed by atoms with Crippen molar-refractivity contribution in [2.75, 3.05) is 20.1 Å². The predicted molar refractivity (Wildman–Crippen MR) is 109 cm³/mol. The Morgan fingerprint density at radius 2 is 1.81 bits per heavy atom. The Kier molecular flexibility index (Phi) is 7.01. The third kappa shape index (κ3) is 5.08. The van der Waals surface area contributed by atoms with Crippen LogP contribution in [-0.4, -0.2) is 44.7 Å². The van der Waals surface area contributed by atoms with Crippen LogP contribution in [0.25, 0.3) is 0 Å². The highest BCUT2D eigenvalue weighted by Gasteiger charge is 2.35. The zero-order valence-corrected chi connectivity index (χ0v) is 17.7. The molecule has 2 N–H and O–H groups in total. The second kappa shape index (κ2) is 9.52. The van der Waals surface area contributed by atoms with Crippen molar-refractivity contribution in [3.8, 4) is 0 Å². The molecule has 2 amide bonds. The van der Waals surface area contributed by atoms with Gasteiger partial charge in [0.05, 0.1) is 10.8 Å². The maximum absolute atomic E-state index is 13.6. The highest BCUT2D eigenvalue weighted by molar-refractivity contribution is 7.89. The first kappa shape index (κ1) is 22.8. The molecular weight excluding hydrogens is 428 g/mol. The molecule has 2 unspecified atom stereocenters. The van der Waals surface area contributed by atoms with E-state index in [1.54, 1.807) is 18.2 Å². The number of carbonyl (C=O) groups excluding carboxylic acids is 2. The van der Waals surface area contributed by atoms with E-state index in [0.29, 0.717) is 12.8 Å². The Balaban J connectivity index is 1.77. The van der Waals surface area contributed by atoms with Gasteiger partial charge in [-0.1, -0.05) is 24.3 Å². The van der Waals surface area contributed by atoms with Crippen LogP contribution in [0.4, 0.5) is 8.78 Å². The average molecular weight is 451 g/mol. The van der Waals surface area contributed by atoms with Gasteiger partial charge >= 0.3 is 0 Å². The molecule has 0 radical (unpaired) electrons. The molecule has 1 saturated heterocycles. The summed E-state index contributed by atoms with van der Waals surface area (Å²) in [5.74, 6) is -4.04. The Bertz CT molecular complexity index is 1060. The minimum absolute atomic E-state index is 0.0404. The van der Waals surface area contributed by atoms with Gasteiger partial charge in [0.2, 0.25) is 21.8 Å². The fourth-order valence-corrected chi connectivity index (χ4v) is 5.06. The van der Waals surface area contributed by atoms with Gasteiger partial charge in [0.25, 0.3) is 0 Å². The molecule has 2 atom stereocenters. The van der Waals surface area contributed by atoms with E-state index in [9.17, 15) is 26.8 Å². The van der Waals surface area contributed by atoms with Crippen molar-refractivity contribution in [3.05, 3.63) is 65.7 Å². The number of hydrogen-bond donors (Lipinski definition) is 2. The highest BCUT2D eigenvalue weighted by Crippen LogP contribution is 2.25. The number of nitrogens with one attached hydrogen (secondary N) is 2. The molecule has 0 aromatic heterocycles. The van der Waals surface area contributed by atoms with Crippen molar-refractivity contribution in [2.45, 2.75) is 23.8 Å². The molecule has 2 aromatic rings. The van der Waals surface area contributed by atoms with E-state index >= 15 is 0 Å². The van der Waals surface area contributed by atoms with Crippen LogP contribution in [0.15, 0.2) is 53.4 Å². The number of nitrogens with zero attached hydrogens (tertiary/aromatic N) is 1. The van der Waals surface area contributed by atoms with Gasteiger partial charge in [0.15, 0.2) is 11.6 Å². The third-order valence-electron chi connectivity index (χ3n) is 5.21. The Labute approximate surface area is 179 Å². The van der Waals surface area contributed by atoms with Crippen molar-refractivity contribution in [1.29, 1.82) is 0 Å². The third-order valence-corrected chi connectivity index (χ3v) is 7.09. The summed E-state index contributed by atoms with van der Waals surface area (Å²) >= 11 is 0. The number of hydrogen-bond acceptors (Lipinski definition) is 4. The molecule has 0 saturated carbocycles. The largest absolute Gasteiger partial charge is 0.357 e. The molecule has 0 aliphatic carbocycles. The molecule has 10 heteroatoms. The van der Waals surface area contributed by atoms with Gasteiger partial charge in [-0.2, -0.15) is 4.31 Å². The highest BCUT2D eigenvalue weighted by atomic mass is 32.2. The van der Waals surface area contributed by atoms with Crippen LogP contribution in [0.3, 0.4) is 0 Å². The van der Waals surface area contributed by atoms with Crippen LogP contribution < -0.4 is 10.6 Å². The summed E-state index contributed by atoms with van der Waals surface area (Å²) in [7, 11) is -2.40. The normalized spacial score (nSPS) is 18.2. The topological polar surface area (TPSA) is 95.6 Å². The molecule has 1 aliphatic heterocycles. The van der Waals surface area contributed by atoms with Crippen LogP contribution >= 0.6 is 0 Å². The van der Waals surface area contributed by atoms with E-state index in [2.05, 4.69) is 10.6 Å². The fourth-order valence-electron chi connectivity index (χ4n) is 3.51. The maximum Gasteiger partial charge on any atom is 0.246 e. The lowest BCUT2D eigenvalue weighted by molar-refractivity contribution is -0.131. The van der Waals surface area contributed by atoms with Crippen molar-refractivity contribution < 1.29 is 26.8 Å². The molecule has 1 aliphatic rings. The van der Waals surface area contributed by atoms with E-state index in [1.165, 1.54) is 29.6 Å². The lowest BCUT2D eigenvalue weighted by Gasteiger charge is -2.32. The van der Waals surface area contributed by atoms with Gasteiger partial charge in [-0.05, 0) is 42.7 Å². The molecule has 31 heavy (non-hydrogen) atoms. The number of sulfonamides is 1. The van der Waals surface area contributed by atoms with Gasteiger partial charge in [-0.3, -0.25) is 9.59 Å². The minimum atomic E-state index is -3.76. The molecule has 1 fully saturated rings. The van der Waals surface area contributed by atoms with Gasteiger partial charge in [0, 0.05) is 20.1 Å². The van der Waals surface area contributed by atoms with E-state index in [-0.39, 0.29) is 23.5 Å². The van der Waals surface area contributed by atoms with Crippen LogP contribution in [0.5, 0.6) is 0 Å². The predicted octanol–water partition coefficient (Wildman–Crippen LogP) is 1.97. The first-order valence-electron chi connectivity index (χ1n) is 9.76. The summed E-state index contributed by atoms with van der Waals surface area (Å²) in [6, 6.07) is 9.63. The van der Waals surface area contributed by atoms with Crippen LogP contribution in [0, 0.1) is 17.6 Å². The number of carbonyl (C=O) groups is 2. The number of halogens is 2. The zero-order chi connectivity index (χ0) is 22.6. The summed E-state index contributed by atoms with van der Waals surface area (Å²) in [6.07, 6.45) is 0.908. The van der Waals surface area contributed by atoms with Crippen molar-refractivity contribution in [1.82, 2.24) is 14.9 Å². The summed E-state index contributed by atoms with van der Waals surface area (Å²) < 4.78 is 53.9. The maximum atomic E-state index is 13.6.